The number of aliphatic hydroxyl groups excluding tert-OH is 1. The quantitative estimate of drug-likeness (QED) is 0.130. The van der Waals surface area contributed by atoms with Gasteiger partial charge < -0.3 is 42.7 Å². The highest BCUT2D eigenvalue weighted by molar-refractivity contribution is 5.94. The van der Waals surface area contributed by atoms with Gasteiger partial charge in [-0.3, -0.25) is 24.0 Å². The van der Waals surface area contributed by atoms with Crippen LogP contribution in [0.4, 0.5) is 0 Å². The van der Waals surface area contributed by atoms with E-state index in [4.69, 9.17) is 21.7 Å². The van der Waals surface area contributed by atoms with Crippen LogP contribution >= 0.6 is 0 Å². The van der Waals surface area contributed by atoms with E-state index in [-0.39, 0.29) is 19.3 Å². The average molecular weight is 447 g/mol. The molecule has 14 nitrogen and oxygen atoms in total. The molecule has 0 saturated carbocycles. The standard InChI is InChI=1S/C17H29N5O9/c1-7(18)14(27)20-9(4-6-12(25)26)15(28)22-13(8(2)23)16(29)21-10(17(30)31)3-5-11(19)24/h7-10,13,23H,3-6,18H2,1-2H3,(H2,19,24)(H,20,27)(H,21,29)(H,22,28)(H,25,26)(H,30,31). The largest absolute Gasteiger partial charge is 0.481 e. The molecule has 0 rings (SSSR count). The molecular weight excluding hydrogens is 418 g/mol. The van der Waals surface area contributed by atoms with Gasteiger partial charge in [-0.1, -0.05) is 0 Å². The van der Waals surface area contributed by atoms with Gasteiger partial charge in [0.15, 0.2) is 0 Å². The Kier molecular flexibility index (Phi) is 11.7. The molecule has 0 heterocycles. The normalized spacial score (nSPS) is 15.5. The van der Waals surface area contributed by atoms with Gasteiger partial charge in [0.25, 0.3) is 0 Å². The third-order valence-electron chi connectivity index (χ3n) is 4.05. The zero-order valence-electron chi connectivity index (χ0n) is 17.2. The fraction of sp³-hybridized carbons (Fsp3) is 0.647. The average Bonchev–Trinajstić information content (AvgIpc) is 2.64. The summed E-state index contributed by atoms with van der Waals surface area (Å²) in [4.78, 5) is 69.7. The van der Waals surface area contributed by atoms with Crippen molar-refractivity contribution in [1.29, 1.82) is 0 Å². The van der Waals surface area contributed by atoms with Crippen LogP contribution in [0, 0.1) is 0 Å². The van der Waals surface area contributed by atoms with E-state index in [1.807, 2.05) is 0 Å². The van der Waals surface area contributed by atoms with E-state index in [9.17, 15) is 33.9 Å². The molecule has 0 aromatic rings. The maximum Gasteiger partial charge on any atom is 0.326 e. The van der Waals surface area contributed by atoms with E-state index in [0.29, 0.717) is 0 Å². The predicted octanol–water partition coefficient (Wildman–Crippen LogP) is -3.62. The van der Waals surface area contributed by atoms with Crippen molar-refractivity contribution in [2.75, 3.05) is 0 Å². The smallest absolute Gasteiger partial charge is 0.326 e. The summed E-state index contributed by atoms with van der Waals surface area (Å²) in [6.07, 6.45) is -2.95. The van der Waals surface area contributed by atoms with Crippen LogP contribution in [0.1, 0.15) is 39.5 Å². The van der Waals surface area contributed by atoms with Gasteiger partial charge in [0.1, 0.15) is 18.1 Å². The van der Waals surface area contributed by atoms with Crippen molar-refractivity contribution in [3.63, 3.8) is 0 Å². The first-order valence-electron chi connectivity index (χ1n) is 9.33. The van der Waals surface area contributed by atoms with Gasteiger partial charge in [-0.05, 0) is 26.7 Å². The molecule has 0 aliphatic rings. The minimum absolute atomic E-state index is 0.317. The van der Waals surface area contributed by atoms with E-state index < -0.39 is 72.3 Å². The number of aliphatic hydroxyl groups is 1. The van der Waals surface area contributed by atoms with Gasteiger partial charge >= 0.3 is 11.9 Å². The molecule has 0 bridgehead atoms. The second-order valence-electron chi connectivity index (χ2n) is 6.91. The lowest BCUT2D eigenvalue weighted by Gasteiger charge is -2.26. The molecule has 0 aliphatic carbocycles. The van der Waals surface area contributed by atoms with Crippen molar-refractivity contribution >= 4 is 35.6 Å². The molecule has 0 spiro atoms. The summed E-state index contributed by atoms with van der Waals surface area (Å²) < 4.78 is 0. The summed E-state index contributed by atoms with van der Waals surface area (Å²) in [7, 11) is 0. The number of carboxylic acid groups (broad SMARTS) is 2. The van der Waals surface area contributed by atoms with E-state index in [1.54, 1.807) is 0 Å². The fourth-order valence-electron chi connectivity index (χ4n) is 2.30. The Morgan fingerprint density at radius 1 is 0.806 bits per heavy atom. The monoisotopic (exact) mass is 447 g/mol. The van der Waals surface area contributed by atoms with Crippen molar-refractivity contribution in [2.45, 2.75) is 69.8 Å². The number of rotatable bonds is 14. The van der Waals surface area contributed by atoms with Gasteiger partial charge in [0.2, 0.25) is 23.6 Å². The zero-order valence-corrected chi connectivity index (χ0v) is 17.2. The Labute approximate surface area is 177 Å². The van der Waals surface area contributed by atoms with Crippen molar-refractivity contribution in [1.82, 2.24) is 16.0 Å². The highest BCUT2D eigenvalue weighted by atomic mass is 16.4. The third-order valence-corrected chi connectivity index (χ3v) is 4.05. The molecule has 10 N–H and O–H groups in total. The lowest BCUT2D eigenvalue weighted by atomic mass is 10.1. The fourth-order valence-corrected chi connectivity index (χ4v) is 2.30. The summed E-state index contributed by atoms with van der Waals surface area (Å²) >= 11 is 0. The maximum atomic E-state index is 12.5. The summed E-state index contributed by atoms with van der Waals surface area (Å²) in [6, 6.07) is -5.53. The number of primary amides is 1. The predicted molar refractivity (Wildman–Crippen MR) is 104 cm³/mol. The first kappa shape index (κ1) is 27.7. The van der Waals surface area contributed by atoms with Crippen molar-refractivity contribution in [3.8, 4) is 0 Å². The molecule has 31 heavy (non-hydrogen) atoms. The third kappa shape index (κ3) is 10.9. The number of amides is 4. The van der Waals surface area contributed by atoms with Crippen molar-refractivity contribution in [3.05, 3.63) is 0 Å². The highest BCUT2D eigenvalue weighted by Gasteiger charge is 2.32. The van der Waals surface area contributed by atoms with Crippen molar-refractivity contribution in [2.24, 2.45) is 11.5 Å². The lowest BCUT2D eigenvalue weighted by Crippen LogP contribution is -2.59. The number of aliphatic carboxylic acids is 2. The maximum absolute atomic E-state index is 12.5. The Bertz CT molecular complexity index is 695. The SMILES string of the molecule is CC(N)C(=O)NC(CCC(=O)O)C(=O)NC(C(=O)NC(CCC(N)=O)C(=O)O)C(C)O. The second-order valence-corrected chi connectivity index (χ2v) is 6.91. The van der Waals surface area contributed by atoms with E-state index in [2.05, 4.69) is 16.0 Å². The van der Waals surface area contributed by atoms with Crippen LogP contribution in [-0.2, 0) is 28.8 Å². The zero-order chi connectivity index (χ0) is 24.3. The van der Waals surface area contributed by atoms with Crippen LogP contribution < -0.4 is 27.4 Å². The second kappa shape index (κ2) is 13.1. The number of carboxylic acids is 2. The first-order valence-corrected chi connectivity index (χ1v) is 9.33. The number of hydrogen-bond donors (Lipinski definition) is 8. The summed E-state index contributed by atoms with van der Waals surface area (Å²) in [5.74, 6) is -6.30. The Balaban J connectivity index is 5.38. The molecule has 5 unspecified atom stereocenters. The van der Waals surface area contributed by atoms with Gasteiger partial charge in [0.05, 0.1) is 12.1 Å². The van der Waals surface area contributed by atoms with E-state index in [0.717, 1.165) is 6.92 Å². The molecule has 0 fully saturated rings. The van der Waals surface area contributed by atoms with Crippen LogP contribution in [0.25, 0.3) is 0 Å². The van der Waals surface area contributed by atoms with Crippen LogP contribution in [0.2, 0.25) is 0 Å². The molecule has 176 valence electrons. The topological polar surface area (TPSA) is 251 Å². The molecule has 0 aliphatic heterocycles. The van der Waals surface area contributed by atoms with E-state index in [1.165, 1.54) is 6.92 Å². The van der Waals surface area contributed by atoms with Gasteiger partial charge in [-0.15, -0.1) is 0 Å². The molecule has 14 heteroatoms. The lowest BCUT2D eigenvalue weighted by molar-refractivity contribution is -0.143. The number of nitrogens with two attached hydrogens (primary N) is 2. The van der Waals surface area contributed by atoms with Gasteiger partial charge in [-0.2, -0.15) is 0 Å². The van der Waals surface area contributed by atoms with Crippen LogP contribution in [-0.4, -0.2) is 81.2 Å². The Hall–Kier alpha value is -3.26. The van der Waals surface area contributed by atoms with E-state index >= 15 is 0 Å². The molecule has 0 saturated heterocycles. The molecule has 0 radical (unpaired) electrons. The molecular formula is C17H29N5O9. The number of carbonyl (C=O) groups excluding carboxylic acids is 4. The minimum Gasteiger partial charge on any atom is -0.481 e. The van der Waals surface area contributed by atoms with Gasteiger partial charge in [-0.25, -0.2) is 4.79 Å². The Morgan fingerprint density at radius 2 is 1.32 bits per heavy atom. The van der Waals surface area contributed by atoms with Crippen molar-refractivity contribution < 1.29 is 44.1 Å². The summed E-state index contributed by atoms with van der Waals surface area (Å²) in [5.41, 5.74) is 10.4. The first-order chi connectivity index (χ1) is 14.3. The molecule has 5 atom stereocenters. The highest BCUT2D eigenvalue weighted by Crippen LogP contribution is 2.04. The van der Waals surface area contributed by atoms with Crippen LogP contribution in [0.3, 0.4) is 0 Å². The number of nitrogens with one attached hydrogen (secondary N) is 3. The minimum atomic E-state index is -1.64. The number of hydrogen-bond acceptors (Lipinski definition) is 8. The van der Waals surface area contributed by atoms with Gasteiger partial charge in [0, 0.05) is 12.8 Å². The summed E-state index contributed by atoms with van der Waals surface area (Å²) in [6.45, 7) is 2.49. The molecule has 0 aromatic carbocycles. The van der Waals surface area contributed by atoms with Crippen LogP contribution in [0.15, 0.2) is 0 Å². The Morgan fingerprint density at radius 3 is 1.74 bits per heavy atom. The summed E-state index contributed by atoms with van der Waals surface area (Å²) in [5, 5.41) is 34.4. The molecule has 4 amide bonds. The molecule has 0 aromatic heterocycles. The van der Waals surface area contributed by atoms with Crippen LogP contribution in [0.5, 0.6) is 0 Å². The number of carbonyl (C=O) groups is 6.